The molecule has 2 aromatic rings. The van der Waals surface area contributed by atoms with Gasteiger partial charge in [0, 0.05) is 18.8 Å². The van der Waals surface area contributed by atoms with Gasteiger partial charge in [-0.25, -0.2) is 0 Å². The summed E-state index contributed by atoms with van der Waals surface area (Å²) >= 11 is 12.3. The first kappa shape index (κ1) is 20.3. The molecule has 3 rings (SSSR count). The third kappa shape index (κ3) is 4.53. The molecule has 25 heavy (non-hydrogen) atoms. The molecule has 0 saturated heterocycles. The fourth-order valence-corrected chi connectivity index (χ4v) is 13.4. The van der Waals surface area contributed by atoms with E-state index in [1.165, 1.54) is 64.2 Å². The molecule has 0 atom stereocenters. The van der Waals surface area contributed by atoms with Gasteiger partial charge >= 0.3 is 0 Å². The molecule has 0 nitrogen and oxygen atoms in total. The second-order valence-corrected chi connectivity index (χ2v) is 22.5. The molecule has 1 aliphatic heterocycles. The average Bonchev–Trinajstić information content (AvgIpc) is 3.18. The molecule has 3 heterocycles. The van der Waals surface area contributed by atoms with Crippen LogP contribution in [0.5, 0.6) is 0 Å². The summed E-state index contributed by atoms with van der Waals surface area (Å²) < 4.78 is 3.10. The summed E-state index contributed by atoms with van der Waals surface area (Å²) in [6.07, 6.45) is 13.3. The zero-order valence-electron chi connectivity index (χ0n) is 15.3. The Morgan fingerprint density at radius 3 is 1.56 bits per heavy atom. The Balaban J connectivity index is 1.83. The number of hydrogen-bond acceptors (Lipinski definition) is 2. The largest absolute Gasteiger partial charge is 0.279 e. The topological polar surface area (TPSA) is 0 Å². The fraction of sp³-hybridized carbons (Fsp3) is 0.600. The van der Waals surface area contributed by atoms with Crippen molar-refractivity contribution in [1.29, 1.82) is 0 Å². The second-order valence-electron chi connectivity index (χ2n) is 7.13. The number of hydrogen-bond donors (Lipinski definition) is 0. The van der Waals surface area contributed by atoms with Crippen molar-refractivity contribution in [3.05, 3.63) is 23.3 Å². The summed E-state index contributed by atoms with van der Waals surface area (Å²) in [6.45, 7) is 4.58. The number of halogens is 2. The normalized spacial score (nSPS) is 14.7. The second kappa shape index (κ2) is 9.18. The highest BCUT2D eigenvalue weighted by Gasteiger charge is 2.40. The van der Waals surface area contributed by atoms with Gasteiger partial charge in [0.15, 0.2) is 0 Å². The summed E-state index contributed by atoms with van der Waals surface area (Å²) in [5, 5.41) is -1.82. The summed E-state index contributed by atoms with van der Waals surface area (Å²) in [6, 6.07) is 5.02. The molecule has 0 saturated carbocycles. The highest BCUT2D eigenvalue weighted by molar-refractivity contribution is 9.52. The van der Waals surface area contributed by atoms with E-state index in [1.54, 1.807) is 29.9 Å². The minimum Gasteiger partial charge on any atom is -0.141 e. The molecule has 1 aliphatic rings. The van der Waals surface area contributed by atoms with Crippen molar-refractivity contribution < 1.29 is 0 Å². The lowest BCUT2D eigenvalue weighted by Gasteiger charge is -2.13. The summed E-state index contributed by atoms with van der Waals surface area (Å²) in [7, 11) is 0. The minimum absolute atomic E-state index is 1.25. The molecule has 4 bridgehead atoms. The minimum atomic E-state index is -1.82. The Morgan fingerprint density at radius 2 is 1.16 bits per heavy atom. The standard InChI is InChI=1S/C20H28Br2S2Si/c1-3-5-7-9-11-15-13-17-23-19(15)20-16(12-10-8-6-4-2)14-18(24-20)25(17,21)22/h13-14H,3-12H2,1-2H3. The van der Waals surface area contributed by atoms with Crippen molar-refractivity contribution in [1.82, 2.24) is 0 Å². The van der Waals surface area contributed by atoms with E-state index in [9.17, 15) is 0 Å². The number of thiophene rings is 2. The van der Waals surface area contributed by atoms with E-state index in [1.807, 2.05) is 0 Å². The number of aryl methyl sites for hydroxylation is 2. The molecular weight excluding hydrogens is 492 g/mol. The molecule has 0 unspecified atom stereocenters. The molecule has 5 heteroatoms. The molecular formula is C20H28Br2S2Si. The first-order chi connectivity index (χ1) is 12.1. The third-order valence-electron chi connectivity index (χ3n) is 5.04. The van der Waals surface area contributed by atoms with E-state index < -0.39 is 5.31 Å². The SMILES string of the molecule is CCCCCCc1cc2sc1-c1sc(cc1CCCCCC)[Si]2(Br)Br. The van der Waals surface area contributed by atoms with Gasteiger partial charge in [-0.2, -0.15) is 0 Å². The molecule has 0 aliphatic carbocycles. The van der Waals surface area contributed by atoms with E-state index in [0.29, 0.717) is 0 Å². The average molecular weight is 520 g/mol. The van der Waals surface area contributed by atoms with Crippen LogP contribution in [0.3, 0.4) is 0 Å². The van der Waals surface area contributed by atoms with Crippen LogP contribution in [-0.2, 0) is 12.8 Å². The van der Waals surface area contributed by atoms with Crippen molar-refractivity contribution >= 4 is 67.6 Å². The fourth-order valence-electron chi connectivity index (χ4n) is 3.53. The summed E-state index contributed by atoms with van der Waals surface area (Å²) in [5.74, 6) is 0. The molecule has 0 fully saturated rings. The van der Waals surface area contributed by atoms with Crippen molar-refractivity contribution in [3.63, 3.8) is 0 Å². The van der Waals surface area contributed by atoms with Crippen LogP contribution in [0.4, 0.5) is 0 Å². The number of fused-ring (bicyclic) bond motifs is 5. The maximum Gasteiger partial charge on any atom is 0.279 e. The lowest BCUT2D eigenvalue weighted by Crippen LogP contribution is -2.44. The predicted octanol–water partition coefficient (Wildman–Crippen LogP) is 7.38. The monoisotopic (exact) mass is 518 g/mol. The van der Waals surface area contributed by atoms with Crippen LogP contribution in [0.15, 0.2) is 12.1 Å². The molecule has 0 amide bonds. The smallest absolute Gasteiger partial charge is 0.141 e. The zero-order chi connectivity index (χ0) is 17.9. The van der Waals surface area contributed by atoms with E-state index in [2.05, 4.69) is 79.2 Å². The van der Waals surface area contributed by atoms with E-state index in [0.717, 1.165) is 0 Å². The first-order valence-corrected chi connectivity index (χ1v) is 17.9. The number of rotatable bonds is 10. The van der Waals surface area contributed by atoms with Crippen LogP contribution in [-0.4, -0.2) is 5.31 Å². The highest BCUT2D eigenvalue weighted by atomic mass is 79.9. The first-order valence-electron chi connectivity index (χ1n) is 9.72. The van der Waals surface area contributed by atoms with Gasteiger partial charge in [-0.3, -0.25) is 0 Å². The maximum absolute atomic E-state index is 4.11. The van der Waals surface area contributed by atoms with E-state index >= 15 is 0 Å². The van der Waals surface area contributed by atoms with Gasteiger partial charge in [-0.1, -0.05) is 83.0 Å². The van der Waals surface area contributed by atoms with Crippen molar-refractivity contribution in [2.75, 3.05) is 0 Å². The molecule has 0 radical (unpaired) electrons. The number of unbranched alkanes of at least 4 members (excludes halogenated alkanes) is 6. The Kier molecular flexibility index (Phi) is 7.46. The van der Waals surface area contributed by atoms with E-state index in [-0.39, 0.29) is 0 Å². The van der Waals surface area contributed by atoms with Crippen LogP contribution in [0.1, 0.15) is 76.3 Å². The van der Waals surface area contributed by atoms with Crippen molar-refractivity contribution in [2.45, 2.75) is 78.1 Å². The Labute approximate surface area is 177 Å². The van der Waals surface area contributed by atoms with Crippen LogP contribution in [0.2, 0.25) is 0 Å². The Morgan fingerprint density at radius 1 is 0.720 bits per heavy atom. The quantitative estimate of drug-likeness (QED) is 0.174. The van der Waals surface area contributed by atoms with Crippen molar-refractivity contribution in [3.8, 4) is 9.75 Å². The zero-order valence-corrected chi connectivity index (χ0v) is 21.1. The molecule has 0 N–H and O–H groups in total. The van der Waals surface area contributed by atoms with Gasteiger partial charge in [-0.15, -0.1) is 22.7 Å². The predicted molar refractivity (Wildman–Crippen MR) is 126 cm³/mol. The third-order valence-corrected chi connectivity index (χ3v) is 19.4. The summed E-state index contributed by atoms with van der Waals surface area (Å²) in [5.41, 5.74) is 3.21. The molecule has 0 spiro atoms. The van der Waals surface area contributed by atoms with Crippen LogP contribution in [0, 0.1) is 0 Å². The van der Waals surface area contributed by atoms with Gasteiger partial charge in [0.1, 0.15) is 0 Å². The van der Waals surface area contributed by atoms with Gasteiger partial charge in [0.2, 0.25) is 0 Å². The summed E-state index contributed by atoms with van der Waals surface area (Å²) in [4.78, 5) is 3.17. The van der Waals surface area contributed by atoms with Gasteiger partial charge < -0.3 is 0 Å². The molecule has 2 aromatic heterocycles. The van der Waals surface area contributed by atoms with E-state index in [4.69, 9.17) is 0 Å². The highest BCUT2D eigenvalue weighted by Crippen LogP contribution is 2.43. The van der Waals surface area contributed by atoms with Gasteiger partial charge in [0.05, 0.1) is 0 Å². The van der Waals surface area contributed by atoms with Gasteiger partial charge in [-0.05, 0) is 48.9 Å². The molecule has 138 valence electrons. The van der Waals surface area contributed by atoms with Crippen LogP contribution < -0.4 is 9.00 Å². The van der Waals surface area contributed by atoms with Gasteiger partial charge in [0.25, 0.3) is 5.31 Å². The Bertz CT molecular complexity index is 644. The van der Waals surface area contributed by atoms with Crippen molar-refractivity contribution in [2.24, 2.45) is 0 Å². The lowest BCUT2D eigenvalue weighted by atomic mass is 10.0. The lowest BCUT2D eigenvalue weighted by molar-refractivity contribution is 0.666. The van der Waals surface area contributed by atoms with Crippen LogP contribution in [0.25, 0.3) is 9.75 Å². The van der Waals surface area contributed by atoms with Crippen LogP contribution >= 0.6 is 53.3 Å². The molecule has 0 aromatic carbocycles. The maximum atomic E-state index is 4.11. The Hall–Kier alpha value is 0.577.